The third-order valence-corrected chi connectivity index (χ3v) is 6.04. The number of likely N-dealkylation sites (tertiary alicyclic amines) is 1. The highest BCUT2D eigenvalue weighted by molar-refractivity contribution is 9.10. The van der Waals surface area contributed by atoms with Crippen molar-refractivity contribution in [1.82, 2.24) is 4.90 Å². The highest BCUT2D eigenvalue weighted by Crippen LogP contribution is 2.28. The summed E-state index contributed by atoms with van der Waals surface area (Å²) in [6.07, 6.45) is 2.25. The number of carbonyl (C=O) groups excluding carboxylic acids is 1. The van der Waals surface area contributed by atoms with Gasteiger partial charge in [-0.05, 0) is 64.2 Å². The van der Waals surface area contributed by atoms with Gasteiger partial charge in [0, 0.05) is 30.2 Å². The van der Waals surface area contributed by atoms with Gasteiger partial charge in [-0.3, -0.25) is 4.79 Å². The summed E-state index contributed by atoms with van der Waals surface area (Å²) in [6.45, 7) is 1.79. The van der Waals surface area contributed by atoms with Crippen molar-refractivity contribution in [3.05, 3.63) is 63.6 Å². The zero-order chi connectivity index (χ0) is 17.6. The maximum Gasteiger partial charge on any atom is 0.253 e. The predicted octanol–water partition coefficient (Wildman–Crippen LogP) is 5.13. The number of methoxy groups -OCH3 is 1. The molecule has 0 aromatic heterocycles. The fraction of sp³-hybridized carbons (Fsp3) is 0.350. The number of rotatable bonds is 6. The minimum absolute atomic E-state index is 0.166. The Balaban J connectivity index is 1.51. The first-order valence-corrected chi connectivity index (χ1v) is 10.4. The van der Waals surface area contributed by atoms with E-state index in [1.54, 1.807) is 7.11 Å². The summed E-state index contributed by atoms with van der Waals surface area (Å²) in [7, 11) is 1.67. The van der Waals surface area contributed by atoms with Gasteiger partial charge in [0.05, 0.1) is 11.6 Å². The maximum absolute atomic E-state index is 12.3. The Morgan fingerprint density at radius 2 is 1.72 bits per heavy atom. The zero-order valence-electron chi connectivity index (χ0n) is 14.3. The monoisotopic (exact) mass is 419 g/mol. The first kappa shape index (κ1) is 18.3. The molecule has 0 N–H and O–H groups in total. The Kier molecular flexibility index (Phi) is 6.43. The van der Waals surface area contributed by atoms with E-state index in [2.05, 4.69) is 40.2 Å². The Hall–Kier alpha value is -1.46. The topological polar surface area (TPSA) is 29.5 Å². The summed E-state index contributed by atoms with van der Waals surface area (Å²) < 4.78 is 6.24. The van der Waals surface area contributed by atoms with Crippen molar-refractivity contribution in [2.24, 2.45) is 0 Å². The molecule has 1 amide bonds. The highest BCUT2D eigenvalue weighted by atomic mass is 79.9. The largest absolute Gasteiger partial charge is 0.496 e. The number of carbonyl (C=O) groups is 1. The molecule has 1 saturated heterocycles. The van der Waals surface area contributed by atoms with Crippen LogP contribution in [0, 0.1) is 0 Å². The van der Waals surface area contributed by atoms with Crippen LogP contribution in [0.15, 0.2) is 46.9 Å². The molecule has 2 aromatic carbocycles. The van der Waals surface area contributed by atoms with Crippen LogP contribution in [0.5, 0.6) is 5.75 Å². The molecule has 3 nitrogen and oxygen atoms in total. The molecule has 0 radical (unpaired) electrons. The molecule has 1 aliphatic rings. The van der Waals surface area contributed by atoms with Crippen LogP contribution < -0.4 is 4.74 Å². The van der Waals surface area contributed by atoms with E-state index in [1.807, 2.05) is 34.9 Å². The molecule has 0 atom stereocenters. The fourth-order valence-corrected chi connectivity index (χ4v) is 4.47. The molecule has 0 aliphatic carbocycles. The second-order valence-electron chi connectivity index (χ2n) is 6.16. The lowest BCUT2D eigenvalue weighted by molar-refractivity contribution is 0.0793. The van der Waals surface area contributed by atoms with Gasteiger partial charge in [0.1, 0.15) is 5.75 Å². The maximum atomic E-state index is 12.3. The SMILES string of the molecule is COc1ccc(CSCc2ccc(C(=O)N3CCCC3)cc2)cc1Br. The first-order valence-electron chi connectivity index (χ1n) is 8.46. The lowest BCUT2D eigenvalue weighted by Crippen LogP contribution is -2.27. The van der Waals surface area contributed by atoms with Gasteiger partial charge in [0.15, 0.2) is 0 Å². The van der Waals surface area contributed by atoms with E-state index in [0.717, 1.165) is 53.2 Å². The summed E-state index contributed by atoms with van der Waals surface area (Å²) in [5.41, 5.74) is 3.31. The molecule has 0 spiro atoms. The van der Waals surface area contributed by atoms with Crippen molar-refractivity contribution in [2.75, 3.05) is 20.2 Å². The van der Waals surface area contributed by atoms with Gasteiger partial charge < -0.3 is 9.64 Å². The number of nitrogens with zero attached hydrogens (tertiary/aromatic N) is 1. The van der Waals surface area contributed by atoms with E-state index in [1.165, 1.54) is 11.1 Å². The molecule has 0 bridgehead atoms. The van der Waals surface area contributed by atoms with E-state index in [-0.39, 0.29) is 5.91 Å². The minimum atomic E-state index is 0.166. The minimum Gasteiger partial charge on any atom is -0.496 e. The van der Waals surface area contributed by atoms with Crippen LogP contribution in [0.3, 0.4) is 0 Å². The molecule has 5 heteroatoms. The van der Waals surface area contributed by atoms with E-state index in [0.29, 0.717) is 0 Å². The average Bonchev–Trinajstić information content (AvgIpc) is 3.16. The van der Waals surface area contributed by atoms with Gasteiger partial charge in [0.2, 0.25) is 0 Å². The van der Waals surface area contributed by atoms with Crippen LogP contribution in [-0.2, 0) is 11.5 Å². The van der Waals surface area contributed by atoms with Crippen LogP contribution in [0.2, 0.25) is 0 Å². The molecule has 3 rings (SSSR count). The summed E-state index contributed by atoms with van der Waals surface area (Å²) in [5.74, 6) is 2.89. The molecule has 132 valence electrons. The molecular weight excluding hydrogens is 398 g/mol. The van der Waals surface area contributed by atoms with Crippen LogP contribution >= 0.6 is 27.7 Å². The van der Waals surface area contributed by atoms with E-state index in [9.17, 15) is 4.79 Å². The van der Waals surface area contributed by atoms with E-state index < -0.39 is 0 Å². The fourth-order valence-electron chi connectivity index (χ4n) is 2.93. The van der Waals surface area contributed by atoms with Crippen molar-refractivity contribution in [2.45, 2.75) is 24.3 Å². The Bertz CT molecular complexity index is 727. The number of benzene rings is 2. The third-order valence-electron chi connectivity index (χ3n) is 4.35. The summed E-state index contributed by atoms with van der Waals surface area (Å²) in [5, 5.41) is 0. The van der Waals surface area contributed by atoms with Gasteiger partial charge in [0.25, 0.3) is 5.91 Å². The Morgan fingerprint density at radius 3 is 2.36 bits per heavy atom. The standard InChI is InChI=1S/C20H22BrNO2S/c1-24-19-9-6-16(12-18(19)21)14-25-13-15-4-7-17(8-5-15)20(23)22-10-2-3-11-22/h4-9,12H,2-3,10-11,13-14H2,1H3. The summed E-state index contributed by atoms with van der Waals surface area (Å²) in [6, 6.07) is 14.2. The summed E-state index contributed by atoms with van der Waals surface area (Å²) >= 11 is 5.39. The quantitative estimate of drug-likeness (QED) is 0.649. The zero-order valence-corrected chi connectivity index (χ0v) is 16.7. The van der Waals surface area contributed by atoms with Gasteiger partial charge >= 0.3 is 0 Å². The number of thioether (sulfide) groups is 1. The molecular formula is C20H22BrNO2S. The number of ether oxygens (including phenoxy) is 1. The predicted molar refractivity (Wildman–Crippen MR) is 107 cm³/mol. The van der Waals surface area contributed by atoms with Crippen molar-refractivity contribution < 1.29 is 9.53 Å². The van der Waals surface area contributed by atoms with Gasteiger partial charge in [-0.1, -0.05) is 18.2 Å². The second kappa shape index (κ2) is 8.77. The highest BCUT2D eigenvalue weighted by Gasteiger charge is 2.19. The van der Waals surface area contributed by atoms with E-state index in [4.69, 9.17) is 4.74 Å². The van der Waals surface area contributed by atoms with E-state index >= 15 is 0 Å². The van der Waals surface area contributed by atoms with Crippen LogP contribution in [0.1, 0.15) is 34.3 Å². The van der Waals surface area contributed by atoms with Crippen LogP contribution in [0.4, 0.5) is 0 Å². The number of amides is 1. The molecule has 2 aromatic rings. The lowest BCUT2D eigenvalue weighted by atomic mass is 10.1. The summed E-state index contributed by atoms with van der Waals surface area (Å²) in [4.78, 5) is 14.3. The first-order chi connectivity index (χ1) is 12.2. The lowest BCUT2D eigenvalue weighted by Gasteiger charge is -2.15. The van der Waals surface area contributed by atoms with Gasteiger partial charge in [-0.25, -0.2) is 0 Å². The van der Waals surface area contributed by atoms with Crippen molar-refractivity contribution >= 4 is 33.6 Å². The molecule has 25 heavy (non-hydrogen) atoms. The average molecular weight is 420 g/mol. The number of halogens is 1. The molecule has 1 aliphatic heterocycles. The normalized spacial score (nSPS) is 13.9. The van der Waals surface area contributed by atoms with Crippen molar-refractivity contribution in [3.8, 4) is 5.75 Å². The molecule has 0 unspecified atom stereocenters. The molecule has 1 heterocycles. The van der Waals surface area contributed by atoms with Crippen LogP contribution in [-0.4, -0.2) is 31.0 Å². The van der Waals surface area contributed by atoms with Gasteiger partial charge in [-0.2, -0.15) is 11.8 Å². The second-order valence-corrected chi connectivity index (χ2v) is 8.00. The molecule has 1 fully saturated rings. The third kappa shape index (κ3) is 4.79. The Labute approximate surface area is 161 Å². The molecule has 0 saturated carbocycles. The number of hydrogen-bond acceptors (Lipinski definition) is 3. The Morgan fingerprint density at radius 1 is 1.08 bits per heavy atom. The van der Waals surface area contributed by atoms with Crippen LogP contribution in [0.25, 0.3) is 0 Å². The van der Waals surface area contributed by atoms with Crippen molar-refractivity contribution in [3.63, 3.8) is 0 Å². The van der Waals surface area contributed by atoms with Crippen molar-refractivity contribution in [1.29, 1.82) is 0 Å². The number of hydrogen-bond donors (Lipinski definition) is 0. The van der Waals surface area contributed by atoms with Gasteiger partial charge in [-0.15, -0.1) is 0 Å². The smallest absolute Gasteiger partial charge is 0.253 e.